The second kappa shape index (κ2) is 10.3. The lowest BCUT2D eigenvalue weighted by Gasteiger charge is -2.31. The van der Waals surface area contributed by atoms with Crippen molar-refractivity contribution in [3.05, 3.63) is 47.5 Å². The fraction of sp³-hybridized carbons (Fsp3) is 0.500. The smallest absolute Gasteiger partial charge is 0.237 e. The van der Waals surface area contributed by atoms with Crippen molar-refractivity contribution < 1.29 is 23.7 Å². The number of hydrogen-bond acceptors (Lipinski definition) is 6. The van der Waals surface area contributed by atoms with Crippen molar-refractivity contribution in [1.82, 2.24) is 9.80 Å². The molecular weight excluding hydrogens is 420 g/mol. The number of amides is 1. The summed E-state index contributed by atoms with van der Waals surface area (Å²) in [6.45, 7) is 2.05. The number of nitrogens with zero attached hydrogens (tertiary/aromatic N) is 2. The van der Waals surface area contributed by atoms with Crippen molar-refractivity contribution in [3.8, 4) is 23.0 Å². The van der Waals surface area contributed by atoms with Crippen LogP contribution in [0.15, 0.2) is 36.4 Å². The molecule has 7 heteroatoms. The highest BCUT2D eigenvalue weighted by molar-refractivity contribution is 5.79. The van der Waals surface area contributed by atoms with E-state index in [0.29, 0.717) is 6.54 Å². The number of carbonyl (C=O) groups is 1. The summed E-state index contributed by atoms with van der Waals surface area (Å²) < 4.78 is 22.0. The molecule has 4 rings (SSSR count). The van der Waals surface area contributed by atoms with E-state index in [9.17, 15) is 4.79 Å². The Kier molecular flexibility index (Phi) is 7.28. The van der Waals surface area contributed by atoms with E-state index >= 15 is 0 Å². The Balaban J connectivity index is 1.53. The second-order valence-corrected chi connectivity index (χ2v) is 8.59. The Hall–Kier alpha value is -2.93. The molecule has 0 unspecified atom stereocenters. The summed E-state index contributed by atoms with van der Waals surface area (Å²) in [4.78, 5) is 17.8. The van der Waals surface area contributed by atoms with E-state index in [2.05, 4.69) is 11.0 Å². The molecule has 0 spiro atoms. The minimum Gasteiger partial charge on any atom is -0.497 e. The first-order valence-corrected chi connectivity index (χ1v) is 11.6. The van der Waals surface area contributed by atoms with E-state index < -0.39 is 0 Å². The number of likely N-dealkylation sites (tertiary alicyclic amines) is 2. The molecule has 7 nitrogen and oxygen atoms in total. The number of hydrogen-bond donors (Lipinski definition) is 0. The molecule has 2 aromatic rings. The Morgan fingerprint density at radius 1 is 0.788 bits per heavy atom. The Morgan fingerprint density at radius 2 is 1.45 bits per heavy atom. The summed E-state index contributed by atoms with van der Waals surface area (Å²) in [5.41, 5.74) is 2.12. The fourth-order valence-electron chi connectivity index (χ4n) is 5.21. The molecule has 2 aliphatic heterocycles. The highest BCUT2D eigenvalue weighted by Crippen LogP contribution is 2.41. The van der Waals surface area contributed by atoms with Gasteiger partial charge < -0.3 is 23.8 Å². The minimum absolute atomic E-state index is 0.000810. The lowest BCUT2D eigenvalue weighted by atomic mass is 10.0. The molecule has 2 saturated heterocycles. The summed E-state index contributed by atoms with van der Waals surface area (Å²) in [6.07, 6.45) is 3.96. The zero-order chi connectivity index (χ0) is 23.4. The van der Waals surface area contributed by atoms with Crippen molar-refractivity contribution in [2.45, 2.75) is 37.8 Å². The molecule has 0 radical (unpaired) electrons. The van der Waals surface area contributed by atoms with Gasteiger partial charge in [0.1, 0.15) is 23.0 Å². The van der Waals surface area contributed by atoms with Gasteiger partial charge in [-0.05, 0) is 56.5 Å². The summed E-state index contributed by atoms with van der Waals surface area (Å²) in [7, 11) is 6.66. The van der Waals surface area contributed by atoms with Gasteiger partial charge in [0, 0.05) is 29.8 Å². The van der Waals surface area contributed by atoms with Gasteiger partial charge in [0.2, 0.25) is 5.91 Å². The SMILES string of the molecule is COc1ccc([C@H]2CCCN2CC(=O)N2CCC[C@H]2c2cc(OC)ccc2OC)c(OC)c1. The van der Waals surface area contributed by atoms with E-state index in [1.807, 2.05) is 35.2 Å². The fourth-order valence-corrected chi connectivity index (χ4v) is 5.21. The van der Waals surface area contributed by atoms with Gasteiger partial charge in [-0.3, -0.25) is 9.69 Å². The summed E-state index contributed by atoms with van der Waals surface area (Å²) in [5.74, 6) is 3.29. The second-order valence-electron chi connectivity index (χ2n) is 8.59. The van der Waals surface area contributed by atoms with E-state index in [1.54, 1.807) is 28.4 Å². The average Bonchev–Trinajstić information content (AvgIpc) is 3.53. The number of methoxy groups -OCH3 is 4. The quantitative estimate of drug-likeness (QED) is 0.595. The van der Waals surface area contributed by atoms with E-state index in [4.69, 9.17) is 18.9 Å². The van der Waals surface area contributed by atoms with Gasteiger partial charge >= 0.3 is 0 Å². The molecule has 0 N–H and O–H groups in total. The Morgan fingerprint density at radius 3 is 2.18 bits per heavy atom. The van der Waals surface area contributed by atoms with Crippen LogP contribution in [-0.4, -0.2) is 63.8 Å². The highest BCUT2D eigenvalue weighted by atomic mass is 16.5. The van der Waals surface area contributed by atoms with Crippen LogP contribution in [0.3, 0.4) is 0 Å². The zero-order valence-electron chi connectivity index (χ0n) is 20.0. The number of ether oxygens (including phenoxy) is 4. The van der Waals surface area contributed by atoms with Crippen molar-refractivity contribution in [1.29, 1.82) is 0 Å². The van der Waals surface area contributed by atoms with Crippen LogP contribution < -0.4 is 18.9 Å². The van der Waals surface area contributed by atoms with Crippen LogP contribution in [-0.2, 0) is 4.79 Å². The first kappa shape index (κ1) is 23.2. The molecule has 0 saturated carbocycles. The van der Waals surface area contributed by atoms with E-state index in [0.717, 1.165) is 72.9 Å². The van der Waals surface area contributed by atoms with Gasteiger partial charge in [-0.1, -0.05) is 6.07 Å². The first-order chi connectivity index (χ1) is 16.1. The first-order valence-electron chi connectivity index (χ1n) is 11.6. The van der Waals surface area contributed by atoms with Gasteiger partial charge in [-0.15, -0.1) is 0 Å². The molecule has 178 valence electrons. The predicted octanol–water partition coefficient (Wildman–Crippen LogP) is 4.22. The van der Waals surface area contributed by atoms with Gasteiger partial charge in [-0.2, -0.15) is 0 Å². The van der Waals surface area contributed by atoms with Crippen LogP contribution in [0.2, 0.25) is 0 Å². The Labute approximate surface area is 196 Å². The lowest BCUT2D eigenvalue weighted by molar-refractivity contribution is -0.133. The molecule has 0 aromatic heterocycles. The molecule has 0 aliphatic carbocycles. The average molecular weight is 455 g/mol. The van der Waals surface area contributed by atoms with Crippen molar-refractivity contribution in [2.75, 3.05) is 48.1 Å². The van der Waals surface area contributed by atoms with Crippen molar-refractivity contribution in [3.63, 3.8) is 0 Å². The van der Waals surface area contributed by atoms with E-state index in [-0.39, 0.29) is 18.0 Å². The molecule has 2 aromatic carbocycles. The normalized spacial score (nSPS) is 20.7. The maximum absolute atomic E-state index is 13.5. The topological polar surface area (TPSA) is 60.5 Å². The summed E-state index contributed by atoms with van der Waals surface area (Å²) in [5, 5.41) is 0. The number of benzene rings is 2. The number of rotatable bonds is 8. The zero-order valence-corrected chi connectivity index (χ0v) is 20.0. The largest absolute Gasteiger partial charge is 0.497 e. The van der Waals surface area contributed by atoms with Crippen LogP contribution in [0.1, 0.15) is 48.9 Å². The summed E-state index contributed by atoms with van der Waals surface area (Å²) in [6, 6.07) is 11.9. The lowest BCUT2D eigenvalue weighted by Crippen LogP contribution is -2.40. The van der Waals surface area contributed by atoms with Crippen molar-refractivity contribution >= 4 is 5.91 Å². The number of carbonyl (C=O) groups excluding carboxylic acids is 1. The molecular formula is C26H34N2O5. The molecule has 2 heterocycles. The van der Waals surface area contributed by atoms with Crippen LogP contribution >= 0.6 is 0 Å². The maximum Gasteiger partial charge on any atom is 0.237 e. The molecule has 33 heavy (non-hydrogen) atoms. The minimum atomic E-state index is -0.000810. The van der Waals surface area contributed by atoms with Crippen LogP contribution in [0, 0.1) is 0 Å². The third-order valence-electron chi connectivity index (χ3n) is 6.87. The highest BCUT2D eigenvalue weighted by Gasteiger charge is 2.36. The van der Waals surface area contributed by atoms with Crippen LogP contribution in [0.5, 0.6) is 23.0 Å². The van der Waals surface area contributed by atoms with Gasteiger partial charge in [-0.25, -0.2) is 0 Å². The van der Waals surface area contributed by atoms with Crippen LogP contribution in [0.4, 0.5) is 0 Å². The molecule has 0 bridgehead atoms. The van der Waals surface area contributed by atoms with Gasteiger partial charge in [0.05, 0.1) is 41.0 Å². The maximum atomic E-state index is 13.5. The van der Waals surface area contributed by atoms with Gasteiger partial charge in [0.25, 0.3) is 0 Å². The van der Waals surface area contributed by atoms with E-state index in [1.165, 1.54) is 0 Å². The third kappa shape index (κ3) is 4.74. The van der Waals surface area contributed by atoms with Gasteiger partial charge in [0.15, 0.2) is 0 Å². The molecule has 1 amide bonds. The Bertz CT molecular complexity index is 979. The molecule has 2 atom stereocenters. The van der Waals surface area contributed by atoms with Crippen LogP contribution in [0.25, 0.3) is 0 Å². The molecule has 2 aliphatic rings. The summed E-state index contributed by atoms with van der Waals surface area (Å²) >= 11 is 0. The van der Waals surface area contributed by atoms with Crippen molar-refractivity contribution in [2.24, 2.45) is 0 Å². The predicted molar refractivity (Wildman–Crippen MR) is 126 cm³/mol. The molecule has 2 fully saturated rings. The third-order valence-corrected chi connectivity index (χ3v) is 6.87. The monoisotopic (exact) mass is 454 g/mol. The standard InChI is InChI=1S/C26H34N2O5/c1-30-18-10-12-24(32-3)21(15-18)23-8-6-14-28(23)26(29)17-27-13-5-7-22(27)20-11-9-19(31-2)16-25(20)33-4/h9-12,15-16,22-23H,5-8,13-14,17H2,1-4H3/t22-,23+/m1/s1.